The molecule has 18 rings (SSSR count). The molecule has 7 atom stereocenters. The monoisotopic (exact) mass is 1810 g/mol. The molecule has 3 unspecified atom stereocenters. The summed E-state index contributed by atoms with van der Waals surface area (Å²) in [4.78, 5) is 114. The van der Waals surface area contributed by atoms with E-state index in [1.165, 1.54) is 36.4 Å². The van der Waals surface area contributed by atoms with Gasteiger partial charge in [0.1, 0.15) is 52.4 Å². The van der Waals surface area contributed by atoms with Gasteiger partial charge in [0.05, 0.1) is 31.6 Å². The van der Waals surface area contributed by atoms with Crippen LogP contribution in [0.2, 0.25) is 15.1 Å². The molecule has 124 heavy (non-hydrogen) atoms. The number of piperazine rings is 3. The topological polar surface area (TPSA) is 185 Å². The standard InChI is InChI=1S/2C31H34ClF2N5O2S.C29H30ClF2N5O2S/c1-5-26(40)37-13-19(4)38(14-18(37)3)30-22-10-17(2)27(21-11-23(32)25(34)12-24(21)33)29-28(22)39(31(41)35-30)15-20(16-42-29)36-8-6-7-9-36;1-5-26(40)39-18(3)13-37(14-19(39)4)30-22-10-17(2)27(21-11-23(32)25(34)12-24(21)33)29-28(22)38(31(41)35-30)15-20(16-42-29)36-8-6-7-9-36;1-3-24(38)35-8-10-36(11-9-35)28-20-12-17(2)25(19-13-21(30)23(32)14-22(19)31)27-26(20)37(29(39)33-28)15-18(16-40-27)34-6-4-5-7-34/h2*5,10-12,18-20H,1,6-9,13-16H2,2-4H3;3,12-14,18H,1,4-11,15-16H2,2H3/t2*18-,19+,20?;/m1../s1. The zero-order valence-corrected chi connectivity index (χ0v) is 75.0. The van der Waals surface area contributed by atoms with E-state index in [0.717, 1.165) is 155 Å². The Bertz CT molecular complexity index is 6020. The van der Waals surface area contributed by atoms with Crippen LogP contribution in [0.4, 0.5) is 43.8 Å². The van der Waals surface area contributed by atoms with E-state index in [2.05, 4.69) is 59.2 Å². The molecule has 6 fully saturated rings. The highest BCUT2D eigenvalue weighted by Crippen LogP contribution is 2.50. The van der Waals surface area contributed by atoms with Crippen molar-refractivity contribution in [2.75, 3.05) is 124 Å². The van der Waals surface area contributed by atoms with Gasteiger partial charge in [-0.3, -0.25) is 42.8 Å². The summed E-state index contributed by atoms with van der Waals surface area (Å²) in [5.41, 5.74) is 5.87. The Morgan fingerprint density at radius 3 is 1.09 bits per heavy atom. The van der Waals surface area contributed by atoms with Gasteiger partial charge in [-0.05, 0) is 198 Å². The molecule has 0 saturated carbocycles. The van der Waals surface area contributed by atoms with Gasteiger partial charge in [-0.1, -0.05) is 54.5 Å². The third kappa shape index (κ3) is 16.8. The van der Waals surface area contributed by atoms with Gasteiger partial charge in [-0.25, -0.2) is 40.7 Å². The van der Waals surface area contributed by atoms with Crippen molar-refractivity contribution in [3.63, 3.8) is 0 Å². The molecule has 0 bridgehead atoms. The Labute approximate surface area is 743 Å². The first-order chi connectivity index (χ1) is 59.4. The minimum atomic E-state index is -0.815. The minimum absolute atomic E-state index is 0.108. The van der Waals surface area contributed by atoms with Crippen LogP contribution >= 0.6 is 70.1 Å². The molecule has 6 saturated heterocycles. The number of hydrogen-bond acceptors (Lipinski definition) is 18. The van der Waals surface area contributed by atoms with Gasteiger partial charge in [0.25, 0.3) is 0 Å². The lowest BCUT2D eigenvalue weighted by atomic mass is 9.96. The Balaban J connectivity index is 0.000000138. The number of nitrogens with zero attached hydrogens (tertiary/aromatic N) is 15. The van der Waals surface area contributed by atoms with Crippen LogP contribution in [0, 0.1) is 55.7 Å². The maximum Gasteiger partial charge on any atom is 0.350 e. The van der Waals surface area contributed by atoms with Crippen LogP contribution in [0.5, 0.6) is 0 Å². The second-order valence-corrected chi connectivity index (χ2v) is 38.2. The van der Waals surface area contributed by atoms with Crippen molar-refractivity contribution in [2.45, 2.75) is 164 Å². The van der Waals surface area contributed by atoms with Gasteiger partial charge in [-0.15, -0.1) is 35.3 Å². The van der Waals surface area contributed by atoms with Crippen molar-refractivity contribution in [1.29, 1.82) is 0 Å². The molecule has 9 aromatic rings. The zero-order valence-electron chi connectivity index (χ0n) is 70.3. The third-order valence-electron chi connectivity index (χ3n) is 25.9. The number of carbonyl (C=O) groups excluding carboxylic acids is 3. The van der Waals surface area contributed by atoms with E-state index in [9.17, 15) is 41.9 Å². The Morgan fingerprint density at radius 2 is 0.734 bits per heavy atom. The predicted molar refractivity (Wildman–Crippen MR) is 485 cm³/mol. The molecule has 0 aliphatic carbocycles. The molecule has 3 aromatic heterocycles. The Hall–Kier alpha value is -8.85. The van der Waals surface area contributed by atoms with Crippen molar-refractivity contribution in [2.24, 2.45) is 0 Å². The highest BCUT2D eigenvalue weighted by Gasteiger charge is 2.41. The van der Waals surface area contributed by atoms with E-state index in [4.69, 9.17) is 34.8 Å². The smallest absolute Gasteiger partial charge is 0.350 e. The van der Waals surface area contributed by atoms with Crippen molar-refractivity contribution >= 4 is 138 Å². The van der Waals surface area contributed by atoms with Crippen LogP contribution in [0.3, 0.4) is 0 Å². The highest BCUT2D eigenvalue weighted by atomic mass is 35.5. The maximum absolute atomic E-state index is 15.4. The van der Waals surface area contributed by atoms with Crippen LogP contribution in [0.15, 0.2) is 122 Å². The second-order valence-electron chi connectivity index (χ2n) is 33.8. The molecule has 33 heteroatoms. The molecular formula is C91H98Cl3F6N15O6S3. The summed E-state index contributed by atoms with van der Waals surface area (Å²) in [6.07, 6.45) is 10.7. The van der Waals surface area contributed by atoms with E-state index in [1.54, 1.807) is 58.8 Å². The number of hydrogen-bond donors (Lipinski definition) is 0. The molecule has 0 N–H and O–H groups in total. The first-order valence-corrected chi connectivity index (χ1v) is 46.4. The molecule has 9 aliphatic rings. The van der Waals surface area contributed by atoms with E-state index >= 15 is 13.2 Å². The number of likely N-dealkylation sites (tertiary alicyclic amines) is 3. The molecule has 21 nitrogen and oxygen atoms in total. The molecule has 6 aromatic carbocycles. The van der Waals surface area contributed by atoms with Crippen LogP contribution in [-0.2, 0) is 34.0 Å². The average Bonchev–Trinajstić information content (AvgIpc) is 1.29. The fourth-order valence-electron chi connectivity index (χ4n) is 19.8. The van der Waals surface area contributed by atoms with Crippen molar-refractivity contribution in [1.82, 2.24) is 58.1 Å². The third-order valence-corrected chi connectivity index (χ3v) is 30.4. The molecule has 0 spiro atoms. The number of rotatable bonds is 12. The summed E-state index contributed by atoms with van der Waals surface area (Å²) < 4.78 is 93.8. The van der Waals surface area contributed by atoms with E-state index < -0.39 is 34.9 Å². The van der Waals surface area contributed by atoms with Gasteiger partial charge in [-0.2, -0.15) is 15.0 Å². The number of thioether (sulfide) groups is 3. The molecule has 3 amide bonds. The SMILES string of the molecule is C=CC(=O)N1CCN(c2nc(=O)n3c4c(c(-c5cc(Cl)c(F)cc5F)c(C)cc24)SCC(N2CCCC2)C3)CC1.C=CC(=O)N1C[C@H](C)N(c2nc(=O)n3c4c(c(-c5cc(Cl)c(F)cc5F)c(C)cc24)SCC(N2CCCC2)C3)C[C@H]1C.C=CC(=O)N1[C@H](C)CN(c2nc(=O)n3c4c(c(-c5cc(Cl)c(F)cc5F)c(C)cc24)SCC(N2CCCC2)C3)C[C@@H]1C. The summed E-state index contributed by atoms with van der Waals surface area (Å²) in [5.74, 6) is -1.08. The Morgan fingerprint density at radius 1 is 0.395 bits per heavy atom. The molecular weight excluding hydrogens is 1720 g/mol. The quantitative estimate of drug-likeness (QED) is 0.0638. The second kappa shape index (κ2) is 36.5. The lowest BCUT2D eigenvalue weighted by molar-refractivity contribution is -0.131. The van der Waals surface area contributed by atoms with Gasteiger partial charge in [0.2, 0.25) is 17.7 Å². The number of anilines is 3. The first-order valence-electron chi connectivity index (χ1n) is 42.3. The van der Waals surface area contributed by atoms with Gasteiger partial charge in [0.15, 0.2) is 0 Å². The van der Waals surface area contributed by atoms with Crippen LogP contribution in [-0.4, -0.2) is 227 Å². The highest BCUT2D eigenvalue weighted by molar-refractivity contribution is 8.00. The number of aromatic nitrogens is 6. The van der Waals surface area contributed by atoms with E-state index in [-0.39, 0.29) is 109 Å². The number of aryl methyl sites for hydroxylation is 3. The lowest BCUT2D eigenvalue weighted by Crippen LogP contribution is -2.58. The number of carbonyl (C=O) groups is 3. The number of halogens is 9. The summed E-state index contributed by atoms with van der Waals surface area (Å²) in [6, 6.07) is 12.2. The van der Waals surface area contributed by atoms with E-state index in [0.29, 0.717) is 128 Å². The van der Waals surface area contributed by atoms with Crippen LogP contribution < -0.4 is 31.8 Å². The van der Waals surface area contributed by atoms with Gasteiger partial charge < -0.3 is 29.4 Å². The van der Waals surface area contributed by atoms with Crippen molar-refractivity contribution in [3.8, 4) is 33.4 Å². The molecule has 654 valence electrons. The average molecular weight is 1810 g/mol. The molecule has 0 radical (unpaired) electrons. The largest absolute Gasteiger partial charge is 0.352 e. The first kappa shape index (κ1) is 88.6. The molecule has 9 aliphatic heterocycles. The predicted octanol–water partition coefficient (Wildman–Crippen LogP) is 15.7. The summed E-state index contributed by atoms with van der Waals surface area (Å²) in [6.45, 7) is 35.8. The fraction of sp³-hybridized carbons (Fsp3) is 0.440. The van der Waals surface area contributed by atoms with Crippen LogP contribution in [0.1, 0.15) is 82.9 Å². The summed E-state index contributed by atoms with van der Waals surface area (Å²) >= 11 is 23.3. The lowest BCUT2D eigenvalue weighted by Gasteiger charge is -2.44. The minimum Gasteiger partial charge on any atom is -0.352 e. The number of benzene rings is 6. The fourth-order valence-corrected chi connectivity index (χ4v) is 24.6. The van der Waals surface area contributed by atoms with Crippen molar-refractivity contribution in [3.05, 3.63) is 191 Å². The maximum atomic E-state index is 15.4. The zero-order chi connectivity index (χ0) is 87.9. The summed E-state index contributed by atoms with van der Waals surface area (Å²) in [5, 5.41) is 1.94. The number of amides is 3. The van der Waals surface area contributed by atoms with Crippen LogP contribution in [0.25, 0.3) is 66.1 Å². The summed E-state index contributed by atoms with van der Waals surface area (Å²) in [7, 11) is 0. The van der Waals surface area contributed by atoms with Gasteiger partial charge in [0, 0.05) is 214 Å². The molecule has 12 heterocycles. The normalized spacial score (nSPS) is 21.9. The van der Waals surface area contributed by atoms with E-state index in [1.807, 2.05) is 76.5 Å². The van der Waals surface area contributed by atoms with Gasteiger partial charge >= 0.3 is 17.1 Å². The van der Waals surface area contributed by atoms with Crippen molar-refractivity contribution < 1.29 is 40.7 Å². The Kier molecular flexibility index (Phi) is 26.1.